The summed E-state index contributed by atoms with van der Waals surface area (Å²) in [7, 11) is 0. The van der Waals surface area contributed by atoms with Gasteiger partial charge in [0, 0.05) is 50.1 Å². The average molecular weight is 440 g/mol. The number of nitro groups is 1. The molecule has 0 aromatic heterocycles. The van der Waals surface area contributed by atoms with Gasteiger partial charge < -0.3 is 9.80 Å². The molecule has 0 N–H and O–H groups in total. The minimum Gasteiger partial charge on any atom is -0.368 e. The first-order chi connectivity index (χ1) is 14.1. The lowest BCUT2D eigenvalue weighted by Crippen LogP contribution is -2.48. The molecule has 3 rings (SSSR count). The number of rotatable bonds is 4. The quantitative estimate of drug-likeness (QED) is 0.396. The minimum absolute atomic E-state index is 0.00795. The van der Waals surface area contributed by atoms with Crippen molar-refractivity contribution in [3.8, 4) is 0 Å². The van der Waals surface area contributed by atoms with E-state index >= 15 is 0 Å². The van der Waals surface area contributed by atoms with E-state index in [0.29, 0.717) is 26.2 Å². The van der Waals surface area contributed by atoms with E-state index in [9.17, 15) is 28.1 Å². The largest absolute Gasteiger partial charge is 0.417 e. The lowest BCUT2D eigenvalue weighted by molar-refractivity contribution is -0.384. The number of carbonyl (C=O) groups is 1. The lowest BCUT2D eigenvalue weighted by atomic mass is 10.1. The predicted octanol–water partition coefficient (Wildman–Crippen LogP) is 4.63. The highest BCUT2D eigenvalue weighted by atomic mass is 35.5. The molecule has 0 radical (unpaired) electrons. The third kappa shape index (κ3) is 5.10. The number of nitrogens with zero attached hydrogens (tertiary/aromatic N) is 3. The van der Waals surface area contributed by atoms with Gasteiger partial charge in [-0.05, 0) is 35.9 Å². The number of halogens is 4. The molecular formula is C20H17ClF3N3O3. The fourth-order valence-electron chi connectivity index (χ4n) is 3.11. The molecule has 2 aromatic rings. The number of anilines is 1. The minimum atomic E-state index is -4.57. The molecule has 1 aliphatic heterocycles. The summed E-state index contributed by atoms with van der Waals surface area (Å²) >= 11 is 5.60. The number of carbonyl (C=O) groups excluding carboxylic acids is 1. The summed E-state index contributed by atoms with van der Waals surface area (Å²) in [5, 5.41) is 10.3. The Hall–Kier alpha value is -3.07. The maximum absolute atomic E-state index is 12.9. The zero-order valence-corrected chi connectivity index (χ0v) is 16.4. The maximum atomic E-state index is 12.9. The van der Waals surface area contributed by atoms with Crippen molar-refractivity contribution in [3.63, 3.8) is 0 Å². The number of piperazine rings is 1. The van der Waals surface area contributed by atoms with Gasteiger partial charge in [-0.3, -0.25) is 14.9 Å². The SMILES string of the molecule is O=C(/C=C/c1ccc(Cl)c(C(F)(F)F)c1)N1CCN(c2ccc([N+](=O)[O-])cc2)CC1. The molecule has 0 spiro atoms. The van der Waals surface area contributed by atoms with E-state index in [1.54, 1.807) is 17.0 Å². The highest BCUT2D eigenvalue weighted by molar-refractivity contribution is 6.31. The number of nitro benzene ring substituents is 1. The van der Waals surface area contributed by atoms with Gasteiger partial charge in [0.1, 0.15) is 0 Å². The van der Waals surface area contributed by atoms with E-state index in [4.69, 9.17) is 11.6 Å². The van der Waals surface area contributed by atoms with Crippen molar-refractivity contribution >= 4 is 35.0 Å². The molecule has 1 amide bonds. The van der Waals surface area contributed by atoms with Gasteiger partial charge in [0.25, 0.3) is 5.69 Å². The monoisotopic (exact) mass is 439 g/mol. The first kappa shape index (κ1) is 21.6. The third-order valence-corrected chi connectivity index (χ3v) is 5.06. The number of hydrogen-bond acceptors (Lipinski definition) is 4. The van der Waals surface area contributed by atoms with Gasteiger partial charge in [-0.2, -0.15) is 13.2 Å². The number of amides is 1. The van der Waals surface area contributed by atoms with Crippen molar-refractivity contribution in [1.29, 1.82) is 0 Å². The van der Waals surface area contributed by atoms with Crippen LogP contribution in [0.3, 0.4) is 0 Å². The van der Waals surface area contributed by atoms with Crippen molar-refractivity contribution < 1.29 is 22.9 Å². The highest BCUT2D eigenvalue weighted by Gasteiger charge is 2.33. The van der Waals surface area contributed by atoms with Crippen LogP contribution in [0.5, 0.6) is 0 Å². The number of non-ortho nitro benzene ring substituents is 1. The summed E-state index contributed by atoms with van der Waals surface area (Å²) in [6, 6.07) is 9.64. The van der Waals surface area contributed by atoms with Crippen LogP contribution in [0.15, 0.2) is 48.5 Å². The summed E-state index contributed by atoms with van der Waals surface area (Å²) in [4.78, 5) is 26.2. The van der Waals surface area contributed by atoms with E-state index in [1.165, 1.54) is 30.4 Å². The number of alkyl halides is 3. The molecule has 0 saturated carbocycles. The molecule has 1 heterocycles. The Kier molecular flexibility index (Phi) is 6.31. The highest BCUT2D eigenvalue weighted by Crippen LogP contribution is 2.35. The Morgan fingerprint density at radius 3 is 2.27 bits per heavy atom. The fourth-order valence-corrected chi connectivity index (χ4v) is 3.33. The number of hydrogen-bond donors (Lipinski definition) is 0. The van der Waals surface area contributed by atoms with Gasteiger partial charge in [0.05, 0.1) is 15.5 Å². The predicted molar refractivity (Wildman–Crippen MR) is 107 cm³/mol. The molecule has 0 bridgehead atoms. The van der Waals surface area contributed by atoms with Gasteiger partial charge in [0.15, 0.2) is 0 Å². The zero-order valence-electron chi connectivity index (χ0n) is 15.6. The van der Waals surface area contributed by atoms with Gasteiger partial charge in [-0.1, -0.05) is 17.7 Å². The Labute approximate surface area is 175 Å². The second-order valence-electron chi connectivity index (χ2n) is 6.66. The summed E-state index contributed by atoms with van der Waals surface area (Å²) in [5.41, 5.74) is 0.109. The van der Waals surface area contributed by atoms with Crippen LogP contribution in [-0.4, -0.2) is 41.9 Å². The average Bonchev–Trinajstić information content (AvgIpc) is 2.72. The van der Waals surface area contributed by atoms with Crippen LogP contribution < -0.4 is 4.90 Å². The van der Waals surface area contributed by atoms with Crippen LogP contribution in [-0.2, 0) is 11.0 Å². The van der Waals surface area contributed by atoms with Crippen molar-refractivity contribution in [1.82, 2.24) is 4.90 Å². The molecule has 1 fully saturated rings. The summed E-state index contributed by atoms with van der Waals surface area (Å²) in [5.74, 6) is -0.304. The Morgan fingerprint density at radius 2 is 1.70 bits per heavy atom. The second kappa shape index (κ2) is 8.74. The number of benzene rings is 2. The summed E-state index contributed by atoms with van der Waals surface area (Å²) in [6.07, 6.45) is -2.00. The van der Waals surface area contributed by atoms with Gasteiger partial charge in [-0.25, -0.2) is 0 Å². The molecular weight excluding hydrogens is 423 g/mol. The van der Waals surface area contributed by atoms with Crippen molar-refractivity contribution in [2.45, 2.75) is 6.18 Å². The van der Waals surface area contributed by atoms with Crippen molar-refractivity contribution in [3.05, 3.63) is 74.8 Å². The van der Waals surface area contributed by atoms with Crippen LogP contribution in [0, 0.1) is 10.1 Å². The Bertz CT molecular complexity index is 969. The molecule has 1 aliphatic rings. The molecule has 0 atom stereocenters. The van der Waals surface area contributed by atoms with Crippen molar-refractivity contribution in [2.75, 3.05) is 31.1 Å². The molecule has 30 heavy (non-hydrogen) atoms. The zero-order chi connectivity index (χ0) is 21.9. The first-order valence-corrected chi connectivity index (χ1v) is 9.36. The van der Waals surface area contributed by atoms with Gasteiger partial charge >= 0.3 is 6.18 Å². The van der Waals surface area contributed by atoms with Crippen LogP contribution >= 0.6 is 11.6 Å². The molecule has 0 aliphatic carbocycles. The second-order valence-corrected chi connectivity index (χ2v) is 7.06. The molecule has 10 heteroatoms. The summed E-state index contributed by atoms with van der Waals surface area (Å²) in [6.45, 7) is 1.93. The van der Waals surface area contributed by atoms with E-state index in [-0.39, 0.29) is 17.2 Å². The molecule has 158 valence electrons. The van der Waals surface area contributed by atoms with Crippen LogP contribution in [0.2, 0.25) is 5.02 Å². The Balaban J connectivity index is 1.60. The summed E-state index contributed by atoms with van der Waals surface area (Å²) < 4.78 is 38.8. The maximum Gasteiger partial charge on any atom is 0.417 e. The van der Waals surface area contributed by atoms with E-state index in [2.05, 4.69) is 0 Å². The standard InChI is InChI=1S/C20H17ClF3N3O3/c21-18-7-1-14(13-17(18)20(22,23)24)2-8-19(28)26-11-9-25(10-12-26)15-3-5-16(6-4-15)27(29)30/h1-8,13H,9-12H2/b8-2+. The normalized spacial score (nSPS) is 14.9. The van der Waals surface area contributed by atoms with E-state index in [1.807, 2.05) is 4.90 Å². The molecule has 0 unspecified atom stereocenters. The van der Waals surface area contributed by atoms with Gasteiger partial charge in [0.2, 0.25) is 5.91 Å². The Morgan fingerprint density at radius 1 is 1.07 bits per heavy atom. The van der Waals surface area contributed by atoms with Crippen LogP contribution in [0.4, 0.5) is 24.5 Å². The topological polar surface area (TPSA) is 66.7 Å². The van der Waals surface area contributed by atoms with Crippen LogP contribution in [0.25, 0.3) is 6.08 Å². The van der Waals surface area contributed by atoms with Crippen molar-refractivity contribution in [2.24, 2.45) is 0 Å². The molecule has 6 nitrogen and oxygen atoms in total. The van der Waals surface area contributed by atoms with Gasteiger partial charge in [-0.15, -0.1) is 0 Å². The van der Waals surface area contributed by atoms with E-state index < -0.39 is 21.7 Å². The first-order valence-electron chi connectivity index (χ1n) is 8.98. The lowest BCUT2D eigenvalue weighted by Gasteiger charge is -2.35. The smallest absolute Gasteiger partial charge is 0.368 e. The third-order valence-electron chi connectivity index (χ3n) is 4.73. The van der Waals surface area contributed by atoms with Crippen LogP contribution in [0.1, 0.15) is 11.1 Å². The fraction of sp³-hybridized carbons (Fsp3) is 0.250. The molecule has 1 saturated heterocycles. The molecule has 2 aromatic carbocycles. The van der Waals surface area contributed by atoms with E-state index in [0.717, 1.165) is 17.8 Å².